The van der Waals surface area contributed by atoms with Crippen LogP contribution in [0.15, 0.2) is 36.5 Å². The number of ether oxygens (including phenoxy) is 1. The molecule has 0 aliphatic rings. The molecule has 0 saturated carbocycles. The Kier molecular flexibility index (Phi) is 50.1. The molecule has 0 bridgehead atoms. The van der Waals surface area contributed by atoms with Crippen LogP contribution in [0, 0.1) is 0 Å². The zero-order valence-electron chi connectivity index (χ0n) is 41.4. The number of aliphatic hydroxyl groups excluding tert-OH is 2. The lowest BCUT2D eigenvalue weighted by molar-refractivity contribution is -0.143. The molecular weight excluding hydrogens is 767 g/mol. The van der Waals surface area contributed by atoms with E-state index in [1.807, 2.05) is 6.08 Å². The second-order valence-corrected chi connectivity index (χ2v) is 18.5. The molecule has 0 rings (SSSR count). The van der Waals surface area contributed by atoms with Crippen molar-refractivity contribution in [2.75, 3.05) is 13.2 Å². The molecule has 0 aromatic rings. The van der Waals surface area contributed by atoms with Crippen molar-refractivity contribution >= 4 is 11.9 Å². The summed E-state index contributed by atoms with van der Waals surface area (Å²) in [6.07, 6.45) is 62.9. The van der Waals surface area contributed by atoms with Crippen LogP contribution in [0.25, 0.3) is 0 Å². The predicted octanol–water partition coefficient (Wildman–Crippen LogP) is 16.5. The van der Waals surface area contributed by atoms with Gasteiger partial charge in [0.1, 0.15) is 0 Å². The van der Waals surface area contributed by atoms with Gasteiger partial charge in [0, 0.05) is 12.8 Å². The van der Waals surface area contributed by atoms with Gasteiger partial charge in [-0.2, -0.15) is 0 Å². The van der Waals surface area contributed by atoms with Gasteiger partial charge in [-0.05, 0) is 77.0 Å². The molecule has 0 fully saturated rings. The van der Waals surface area contributed by atoms with Crippen LogP contribution < -0.4 is 5.32 Å². The summed E-state index contributed by atoms with van der Waals surface area (Å²) in [6.45, 7) is 4.84. The van der Waals surface area contributed by atoms with Crippen molar-refractivity contribution in [1.82, 2.24) is 5.32 Å². The van der Waals surface area contributed by atoms with Crippen molar-refractivity contribution in [2.45, 2.75) is 296 Å². The molecule has 2 unspecified atom stereocenters. The highest BCUT2D eigenvalue weighted by Gasteiger charge is 2.18. The maximum Gasteiger partial charge on any atom is 0.305 e. The molecule has 0 aromatic carbocycles. The molecule has 2 atom stereocenters. The minimum atomic E-state index is -0.853. The van der Waals surface area contributed by atoms with Crippen molar-refractivity contribution in [2.24, 2.45) is 0 Å². The Hall–Kier alpha value is -1.92. The molecule has 0 spiro atoms. The van der Waals surface area contributed by atoms with Crippen molar-refractivity contribution in [3.63, 3.8) is 0 Å². The molecule has 62 heavy (non-hydrogen) atoms. The predicted molar refractivity (Wildman–Crippen MR) is 269 cm³/mol. The molecule has 3 N–H and O–H groups in total. The van der Waals surface area contributed by atoms with E-state index in [9.17, 15) is 19.8 Å². The van der Waals surface area contributed by atoms with Crippen LogP contribution in [0.1, 0.15) is 284 Å². The quantitative estimate of drug-likeness (QED) is 0.0321. The van der Waals surface area contributed by atoms with E-state index in [0.717, 1.165) is 57.8 Å². The third-order valence-corrected chi connectivity index (χ3v) is 12.4. The fourth-order valence-corrected chi connectivity index (χ4v) is 8.14. The van der Waals surface area contributed by atoms with Crippen LogP contribution in [0.4, 0.5) is 0 Å². The summed E-state index contributed by atoms with van der Waals surface area (Å²) >= 11 is 0. The first-order valence-corrected chi connectivity index (χ1v) is 27.3. The molecule has 1 amide bonds. The van der Waals surface area contributed by atoms with E-state index < -0.39 is 12.1 Å². The van der Waals surface area contributed by atoms with Gasteiger partial charge in [-0.15, -0.1) is 0 Å². The third kappa shape index (κ3) is 47.6. The van der Waals surface area contributed by atoms with Crippen molar-refractivity contribution in [3.8, 4) is 0 Å². The minimum absolute atomic E-state index is 0.0143. The minimum Gasteiger partial charge on any atom is -0.466 e. The Labute approximate surface area is 385 Å². The first-order chi connectivity index (χ1) is 30.5. The number of unbranched alkanes of at least 4 members (excludes halogenated alkanes) is 35. The van der Waals surface area contributed by atoms with E-state index in [1.165, 1.54) is 199 Å². The molecule has 0 aliphatic heterocycles. The number of allylic oxidation sites excluding steroid dienone is 5. The number of rotatable bonds is 50. The summed E-state index contributed by atoms with van der Waals surface area (Å²) < 4.78 is 5.44. The standard InChI is InChI=1S/C56H105NO5/c1-3-5-7-9-11-13-15-16-17-19-22-25-29-32-36-40-44-48-54(59)53(52-58)57-55(60)49-45-41-37-33-30-26-23-20-18-21-24-27-31-35-39-43-47-51-62-56(61)50-46-42-38-34-28-14-12-10-8-6-4-2/h10,12,18,21,44,48,53-54,58-59H,3-9,11,13-17,19-20,22-43,45-47,49-52H2,1-2H3,(H,57,60)/b12-10-,21-18-,48-44+. The van der Waals surface area contributed by atoms with Crippen LogP contribution in [-0.2, 0) is 14.3 Å². The summed E-state index contributed by atoms with van der Waals surface area (Å²) in [5.41, 5.74) is 0. The second-order valence-electron chi connectivity index (χ2n) is 18.5. The molecule has 364 valence electrons. The molecular formula is C56H105NO5. The molecule has 6 heteroatoms. The van der Waals surface area contributed by atoms with E-state index in [0.29, 0.717) is 19.4 Å². The van der Waals surface area contributed by atoms with Crippen LogP contribution in [-0.4, -0.2) is 47.4 Å². The highest BCUT2D eigenvalue weighted by Crippen LogP contribution is 2.16. The molecule has 0 aliphatic carbocycles. The number of esters is 1. The van der Waals surface area contributed by atoms with Gasteiger partial charge in [-0.3, -0.25) is 9.59 Å². The zero-order valence-corrected chi connectivity index (χ0v) is 41.4. The van der Waals surface area contributed by atoms with Crippen LogP contribution in [0.5, 0.6) is 0 Å². The lowest BCUT2D eigenvalue weighted by Crippen LogP contribution is -2.45. The van der Waals surface area contributed by atoms with Gasteiger partial charge in [-0.1, -0.05) is 230 Å². The molecule has 0 radical (unpaired) electrons. The Balaban J connectivity index is 3.51. The number of aliphatic hydroxyl groups is 2. The number of nitrogens with one attached hydrogen (secondary N) is 1. The largest absolute Gasteiger partial charge is 0.466 e. The maximum atomic E-state index is 12.4. The SMILES string of the molecule is CCCC/C=C\CCCCCCCC(=O)OCCCCCCCC/C=C\CCCCCCCCCC(=O)NC(CO)C(O)/C=C/CCCCCCCCCCCCCCCCC. The highest BCUT2D eigenvalue weighted by atomic mass is 16.5. The Bertz CT molecular complexity index is 1010. The Morgan fingerprint density at radius 1 is 0.435 bits per heavy atom. The monoisotopic (exact) mass is 872 g/mol. The average molecular weight is 872 g/mol. The van der Waals surface area contributed by atoms with Crippen LogP contribution in [0.3, 0.4) is 0 Å². The first-order valence-electron chi connectivity index (χ1n) is 27.3. The zero-order chi connectivity index (χ0) is 45.1. The fraction of sp³-hybridized carbons (Fsp3) is 0.857. The lowest BCUT2D eigenvalue weighted by atomic mass is 10.0. The number of hydrogen-bond acceptors (Lipinski definition) is 5. The van der Waals surface area contributed by atoms with Crippen LogP contribution in [0.2, 0.25) is 0 Å². The maximum absolute atomic E-state index is 12.4. The van der Waals surface area contributed by atoms with Crippen molar-refractivity contribution in [3.05, 3.63) is 36.5 Å². The Morgan fingerprint density at radius 3 is 1.19 bits per heavy atom. The van der Waals surface area contributed by atoms with Gasteiger partial charge in [0.15, 0.2) is 0 Å². The van der Waals surface area contributed by atoms with Gasteiger partial charge in [0.2, 0.25) is 5.91 Å². The van der Waals surface area contributed by atoms with E-state index >= 15 is 0 Å². The Morgan fingerprint density at radius 2 is 0.774 bits per heavy atom. The number of amides is 1. The summed E-state index contributed by atoms with van der Waals surface area (Å²) in [6, 6.07) is -0.637. The summed E-state index contributed by atoms with van der Waals surface area (Å²) in [5, 5.41) is 23.1. The molecule has 0 saturated heterocycles. The lowest BCUT2D eigenvalue weighted by Gasteiger charge is -2.20. The van der Waals surface area contributed by atoms with Crippen molar-refractivity contribution < 1.29 is 24.5 Å². The van der Waals surface area contributed by atoms with Gasteiger partial charge >= 0.3 is 5.97 Å². The first kappa shape index (κ1) is 60.1. The molecule has 0 aromatic heterocycles. The van der Waals surface area contributed by atoms with Gasteiger partial charge in [-0.25, -0.2) is 0 Å². The van der Waals surface area contributed by atoms with E-state index in [-0.39, 0.29) is 18.5 Å². The molecule has 0 heterocycles. The van der Waals surface area contributed by atoms with E-state index in [1.54, 1.807) is 6.08 Å². The van der Waals surface area contributed by atoms with E-state index in [2.05, 4.69) is 43.5 Å². The van der Waals surface area contributed by atoms with E-state index in [4.69, 9.17) is 4.74 Å². The smallest absolute Gasteiger partial charge is 0.305 e. The third-order valence-electron chi connectivity index (χ3n) is 12.4. The topological polar surface area (TPSA) is 95.9 Å². The number of hydrogen-bond donors (Lipinski definition) is 3. The highest BCUT2D eigenvalue weighted by molar-refractivity contribution is 5.76. The van der Waals surface area contributed by atoms with Gasteiger partial charge in [0.05, 0.1) is 25.4 Å². The van der Waals surface area contributed by atoms with Gasteiger partial charge in [0.25, 0.3) is 0 Å². The summed E-state index contributed by atoms with van der Waals surface area (Å²) in [7, 11) is 0. The summed E-state index contributed by atoms with van der Waals surface area (Å²) in [5.74, 6) is -0.0939. The average Bonchev–Trinajstić information content (AvgIpc) is 3.27. The normalized spacial score (nSPS) is 12.9. The van der Waals surface area contributed by atoms with Gasteiger partial charge < -0.3 is 20.3 Å². The number of carbonyl (C=O) groups is 2. The second kappa shape index (κ2) is 51.7. The van der Waals surface area contributed by atoms with Crippen LogP contribution >= 0.6 is 0 Å². The molecule has 6 nitrogen and oxygen atoms in total. The summed E-state index contributed by atoms with van der Waals surface area (Å²) in [4.78, 5) is 24.4. The fourth-order valence-electron chi connectivity index (χ4n) is 8.14. The van der Waals surface area contributed by atoms with Crippen molar-refractivity contribution in [1.29, 1.82) is 0 Å². The number of carbonyl (C=O) groups excluding carboxylic acids is 2.